The van der Waals surface area contributed by atoms with Crippen molar-refractivity contribution in [2.24, 2.45) is 5.92 Å². The molecular weight excluding hydrogens is 295 g/mol. The predicted octanol–water partition coefficient (Wildman–Crippen LogP) is 1.99. The van der Waals surface area contributed by atoms with Gasteiger partial charge < -0.3 is 10.0 Å². The molecular formula is C15H20F3N3O. The fourth-order valence-corrected chi connectivity index (χ4v) is 2.79. The number of anilines is 1. The highest BCUT2D eigenvalue weighted by molar-refractivity contribution is 5.40. The van der Waals surface area contributed by atoms with Crippen LogP contribution in [-0.4, -0.2) is 53.8 Å². The van der Waals surface area contributed by atoms with E-state index in [1.807, 2.05) is 4.90 Å². The van der Waals surface area contributed by atoms with E-state index in [1.165, 1.54) is 6.07 Å². The second-order valence-electron chi connectivity index (χ2n) is 6.10. The SMILES string of the molecule is OC(CN1CCN(c2ccc(C(F)(F)F)cn2)CC1)C1CC1. The van der Waals surface area contributed by atoms with E-state index in [0.29, 0.717) is 18.3 Å². The van der Waals surface area contributed by atoms with Crippen LogP contribution in [0.2, 0.25) is 0 Å². The first-order valence-electron chi connectivity index (χ1n) is 7.62. The molecule has 22 heavy (non-hydrogen) atoms. The van der Waals surface area contributed by atoms with Gasteiger partial charge in [0, 0.05) is 38.9 Å². The van der Waals surface area contributed by atoms with Crippen molar-refractivity contribution in [3.63, 3.8) is 0 Å². The molecule has 3 rings (SSSR count). The molecule has 1 saturated carbocycles. The van der Waals surface area contributed by atoms with Crippen LogP contribution in [0.15, 0.2) is 18.3 Å². The summed E-state index contributed by atoms with van der Waals surface area (Å²) in [5, 5.41) is 9.96. The van der Waals surface area contributed by atoms with Gasteiger partial charge in [-0.3, -0.25) is 4.90 Å². The molecule has 0 bridgehead atoms. The van der Waals surface area contributed by atoms with Crippen LogP contribution >= 0.6 is 0 Å². The molecule has 0 amide bonds. The Hall–Kier alpha value is -1.34. The number of alkyl halides is 3. The van der Waals surface area contributed by atoms with Gasteiger partial charge in [0.15, 0.2) is 0 Å². The van der Waals surface area contributed by atoms with Crippen LogP contribution in [0.4, 0.5) is 19.0 Å². The molecule has 1 N–H and O–H groups in total. The number of rotatable bonds is 4. The van der Waals surface area contributed by atoms with E-state index in [4.69, 9.17) is 0 Å². The van der Waals surface area contributed by atoms with Crippen LogP contribution in [0, 0.1) is 5.92 Å². The Morgan fingerprint density at radius 3 is 2.36 bits per heavy atom. The Labute approximate surface area is 127 Å². The molecule has 1 aromatic heterocycles. The van der Waals surface area contributed by atoms with Gasteiger partial charge in [-0.15, -0.1) is 0 Å². The molecule has 1 aliphatic carbocycles. The van der Waals surface area contributed by atoms with Crippen molar-refractivity contribution in [1.82, 2.24) is 9.88 Å². The first-order valence-corrected chi connectivity index (χ1v) is 7.62. The topological polar surface area (TPSA) is 39.6 Å². The summed E-state index contributed by atoms with van der Waals surface area (Å²) in [7, 11) is 0. The van der Waals surface area contributed by atoms with Crippen LogP contribution in [0.3, 0.4) is 0 Å². The van der Waals surface area contributed by atoms with Crippen molar-refractivity contribution < 1.29 is 18.3 Å². The second-order valence-corrected chi connectivity index (χ2v) is 6.10. The smallest absolute Gasteiger partial charge is 0.392 e. The van der Waals surface area contributed by atoms with Gasteiger partial charge in [0.2, 0.25) is 0 Å². The molecule has 2 aliphatic rings. The number of piperazine rings is 1. The van der Waals surface area contributed by atoms with Crippen molar-refractivity contribution in [2.45, 2.75) is 25.1 Å². The third-order valence-electron chi connectivity index (χ3n) is 4.38. The third kappa shape index (κ3) is 3.70. The van der Waals surface area contributed by atoms with Crippen molar-refractivity contribution >= 4 is 5.82 Å². The molecule has 2 fully saturated rings. The number of β-amino-alcohol motifs (C(OH)–C–C–N with tert-alkyl or cyclic N) is 1. The maximum Gasteiger partial charge on any atom is 0.417 e. The van der Waals surface area contributed by atoms with E-state index in [0.717, 1.165) is 51.3 Å². The normalized spacial score (nSPS) is 21.9. The largest absolute Gasteiger partial charge is 0.417 e. The number of aromatic nitrogens is 1. The van der Waals surface area contributed by atoms with Crippen LogP contribution in [-0.2, 0) is 6.18 Å². The minimum Gasteiger partial charge on any atom is -0.392 e. The Balaban J connectivity index is 1.52. The summed E-state index contributed by atoms with van der Waals surface area (Å²) in [6.45, 7) is 3.73. The fraction of sp³-hybridized carbons (Fsp3) is 0.667. The Morgan fingerprint density at radius 1 is 1.18 bits per heavy atom. The number of hydrogen-bond acceptors (Lipinski definition) is 4. The maximum absolute atomic E-state index is 12.5. The van der Waals surface area contributed by atoms with Crippen LogP contribution in [0.5, 0.6) is 0 Å². The summed E-state index contributed by atoms with van der Waals surface area (Å²) in [4.78, 5) is 8.13. The van der Waals surface area contributed by atoms with Gasteiger partial charge in [-0.25, -0.2) is 4.98 Å². The molecule has 2 heterocycles. The van der Waals surface area contributed by atoms with Gasteiger partial charge in [-0.1, -0.05) is 0 Å². The molecule has 1 unspecified atom stereocenters. The lowest BCUT2D eigenvalue weighted by atomic mass is 10.2. The maximum atomic E-state index is 12.5. The van der Waals surface area contributed by atoms with Crippen LogP contribution in [0.1, 0.15) is 18.4 Å². The Morgan fingerprint density at radius 2 is 1.86 bits per heavy atom. The van der Waals surface area contributed by atoms with E-state index in [9.17, 15) is 18.3 Å². The van der Waals surface area contributed by atoms with Gasteiger partial charge in [-0.2, -0.15) is 13.2 Å². The summed E-state index contributed by atoms with van der Waals surface area (Å²) in [6.07, 6.45) is -1.45. The number of halogens is 3. The standard InChI is InChI=1S/C15H20F3N3O/c16-15(17,18)12-3-4-14(19-9-12)21-7-5-20(6-8-21)10-13(22)11-1-2-11/h3-4,9,11,13,22H,1-2,5-8,10H2. The van der Waals surface area contributed by atoms with Crippen molar-refractivity contribution in [2.75, 3.05) is 37.6 Å². The Bertz CT molecular complexity index is 494. The van der Waals surface area contributed by atoms with E-state index >= 15 is 0 Å². The summed E-state index contributed by atoms with van der Waals surface area (Å²) in [6, 6.07) is 2.50. The molecule has 122 valence electrons. The Kier molecular flexibility index (Phi) is 4.27. The van der Waals surface area contributed by atoms with E-state index in [1.54, 1.807) is 0 Å². The summed E-state index contributed by atoms with van der Waals surface area (Å²) in [5.74, 6) is 1.05. The summed E-state index contributed by atoms with van der Waals surface area (Å²) >= 11 is 0. The van der Waals surface area contributed by atoms with E-state index in [2.05, 4.69) is 9.88 Å². The minimum atomic E-state index is -4.34. The second kappa shape index (κ2) is 6.04. The highest BCUT2D eigenvalue weighted by Crippen LogP contribution is 2.33. The summed E-state index contributed by atoms with van der Waals surface area (Å²) < 4.78 is 37.6. The zero-order chi connectivity index (χ0) is 15.7. The quantitative estimate of drug-likeness (QED) is 0.922. The lowest BCUT2D eigenvalue weighted by molar-refractivity contribution is -0.137. The van der Waals surface area contributed by atoms with Gasteiger partial charge >= 0.3 is 6.18 Å². The molecule has 1 aliphatic heterocycles. The molecule has 1 aromatic rings. The van der Waals surface area contributed by atoms with E-state index < -0.39 is 11.7 Å². The number of aliphatic hydroxyl groups is 1. The van der Waals surface area contributed by atoms with Gasteiger partial charge in [-0.05, 0) is 30.9 Å². The lowest BCUT2D eigenvalue weighted by Crippen LogP contribution is -2.49. The van der Waals surface area contributed by atoms with Gasteiger partial charge in [0.25, 0.3) is 0 Å². The van der Waals surface area contributed by atoms with Crippen molar-refractivity contribution in [3.05, 3.63) is 23.9 Å². The molecule has 0 aromatic carbocycles. The first kappa shape index (κ1) is 15.6. The average Bonchev–Trinajstić information content (AvgIpc) is 3.32. The number of pyridine rings is 1. The highest BCUT2D eigenvalue weighted by atomic mass is 19.4. The molecule has 1 atom stereocenters. The van der Waals surface area contributed by atoms with Crippen molar-refractivity contribution in [1.29, 1.82) is 0 Å². The zero-order valence-corrected chi connectivity index (χ0v) is 12.3. The first-order chi connectivity index (χ1) is 10.4. The average molecular weight is 315 g/mol. The van der Waals surface area contributed by atoms with Crippen LogP contribution < -0.4 is 4.90 Å². The highest BCUT2D eigenvalue weighted by Gasteiger charge is 2.32. The summed E-state index contributed by atoms with van der Waals surface area (Å²) in [5.41, 5.74) is -0.720. The molecule has 0 radical (unpaired) electrons. The lowest BCUT2D eigenvalue weighted by Gasteiger charge is -2.36. The predicted molar refractivity (Wildman–Crippen MR) is 76.6 cm³/mol. The monoisotopic (exact) mass is 315 g/mol. The van der Waals surface area contributed by atoms with Crippen molar-refractivity contribution in [3.8, 4) is 0 Å². The minimum absolute atomic E-state index is 0.240. The van der Waals surface area contributed by atoms with Crippen LogP contribution in [0.25, 0.3) is 0 Å². The van der Waals surface area contributed by atoms with Gasteiger partial charge in [0.1, 0.15) is 5.82 Å². The molecule has 4 nitrogen and oxygen atoms in total. The third-order valence-corrected chi connectivity index (χ3v) is 4.38. The van der Waals surface area contributed by atoms with E-state index in [-0.39, 0.29) is 6.10 Å². The number of nitrogens with zero attached hydrogens (tertiary/aromatic N) is 3. The molecule has 1 saturated heterocycles. The van der Waals surface area contributed by atoms with Gasteiger partial charge in [0.05, 0.1) is 11.7 Å². The number of hydrogen-bond donors (Lipinski definition) is 1. The molecule has 0 spiro atoms. The number of aliphatic hydroxyl groups excluding tert-OH is 1. The zero-order valence-electron chi connectivity index (χ0n) is 12.3. The fourth-order valence-electron chi connectivity index (χ4n) is 2.79. The molecule has 7 heteroatoms.